The van der Waals surface area contributed by atoms with Gasteiger partial charge in [0.1, 0.15) is 5.82 Å². The number of para-hydroxylation sites is 1. The lowest BCUT2D eigenvalue weighted by molar-refractivity contribution is -0.0333. The lowest BCUT2D eigenvalue weighted by Crippen LogP contribution is -2.63. The Hall–Kier alpha value is -1.17. The van der Waals surface area contributed by atoms with Crippen LogP contribution in [0.5, 0.6) is 0 Å². The standard InChI is InChI=1S/C16H26FN3O/c1-13(21-3)16(2,12-18)20-10-8-19(9-11-20)15-7-5-4-6-14(15)17/h4-7,13H,8-12,18H2,1-3H3. The number of nitrogens with two attached hydrogens (primary N) is 1. The highest BCUT2D eigenvalue weighted by atomic mass is 19.1. The Labute approximate surface area is 126 Å². The summed E-state index contributed by atoms with van der Waals surface area (Å²) >= 11 is 0. The maximum Gasteiger partial charge on any atom is 0.146 e. The fourth-order valence-electron chi connectivity index (χ4n) is 2.97. The number of rotatable bonds is 5. The number of benzene rings is 1. The monoisotopic (exact) mass is 295 g/mol. The molecule has 0 aliphatic carbocycles. The van der Waals surface area contributed by atoms with E-state index in [1.165, 1.54) is 6.07 Å². The van der Waals surface area contributed by atoms with Crippen LogP contribution in [0.2, 0.25) is 0 Å². The maximum atomic E-state index is 13.9. The van der Waals surface area contributed by atoms with Gasteiger partial charge in [-0.25, -0.2) is 4.39 Å². The quantitative estimate of drug-likeness (QED) is 0.898. The maximum absolute atomic E-state index is 13.9. The molecule has 2 N–H and O–H groups in total. The van der Waals surface area contributed by atoms with E-state index in [0.29, 0.717) is 12.2 Å². The van der Waals surface area contributed by atoms with Gasteiger partial charge in [0.25, 0.3) is 0 Å². The molecule has 0 radical (unpaired) electrons. The molecule has 0 saturated carbocycles. The lowest BCUT2D eigenvalue weighted by Gasteiger charge is -2.48. The van der Waals surface area contributed by atoms with E-state index in [4.69, 9.17) is 10.5 Å². The number of ether oxygens (including phenoxy) is 1. The molecule has 1 aromatic carbocycles. The van der Waals surface area contributed by atoms with Gasteiger partial charge in [-0.05, 0) is 26.0 Å². The van der Waals surface area contributed by atoms with Gasteiger partial charge >= 0.3 is 0 Å². The Morgan fingerprint density at radius 3 is 2.43 bits per heavy atom. The minimum absolute atomic E-state index is 0.0579. The molecule has 2 atom stereocenters. The van der Waals surface area contributed by atoms with Gasteiger partial charge in [0.05, 0.1) is 17.3 Å². The van der Waals surface area contributed by atoms with Crippen molar-refractivity contribution in [3.05, 3.63) is 30.1 Å². The Bertz CT molecular complexity index is 463. The zero-order valence-corrected chi connectivity index (χ0v) is 13.2. The van der Waals surface area contributed by atoms with Gasteiger partial charge in [-0.1, -0.05) is 12.1 Å². The first-order chi connectivity index (χ1) is 10.0. The second-order valence-corrected chi connectivity index (χ2v) is 5.86. The summed E-state index contributed by atoms with van der Waals surface area (Å²) in [6.07, 6.45) is 0.0579. The van der Waals surface area contributed by atoms with Crippen molar-refractivity contribution in [3.63, 3.8) is 0 Å². The summed E-state index contributed by atoms with van der Waals surface area (Å²) in [5.74, 6) is -0.155. The van der Waals surface area contributed by atoms with Crippen LogP contribution in [0.25, 0.3) is 0 Å². The van der Waals surface area contributed by atoms with E-state index in [-0.39, 0.29) is 17.5 Å². The molecule has 0 aromatic heterocycles. The predicted octanol–water partition coefficient (Wildman–Crippen LogP) is 1.70. The molecule has 1 saturated heterocycles. The van der Waals surface area contributed by atoms with E-state index < -0.39 is 0 Å². The highest BCUT2D eigenvalue weighted by Crippen LogP contribution is 2.25. The molecule has 1 fully saturated rings. The predicted molar refractivity (Wildman–Crippen MR) is 84.1 cm³/mol. The van der Waals surface area contributed by atoms with Gasteiger partial charge in [0, 0.05) is 39.8 Å². The minimum atomic E-state index is -0.184. The summed E-state index contributed by atoms with van der Waals surface area (Å²) < 4.78 is 19.4. The third-order valence-electron chi connectivity index (χ3n) is 4.84. The fourth-order valence-corrected chi connectivity index (χ4v) is 2.97. The van der Waals surface area contributed by atoms with Crippen LogP contribution in [0, 0.1) is 5.82 Å². The van der Waals surface area contributed by atoms with Gasteiger partial charge in [-0.3, -0.25) is 4.90 Å². The van der Waals surface area contributed by atoms with Crippen LogP contribution in [0.1, 0.15) is 13.8 Å². The average Bonchev–Trinajstić information content (AvgIpc) is 2.54. The molecule has 0 bridgehead atoms. The number of halogens is 1. The molecule has 0 amide bonds. The Morgan fingerprint density at radius 2 is 1.90 bits per heavy atom. The van der Waals surface area contributed by atoms with E-state index in [2.05, 4.69) is 23.6 Å². The number of nitrogens with zero attached hydrogens (tertiary/aromatic N) is 2. The van der Waals surface area contributed by atoms with Crippen LogP contribution in [0.4, 0.5) is 10.1 Å². The van der Waals surface area contributed by atoms with Gasteiger partial charge in [-0.15, -0.1) is 0 Å². The molecule has 0 spiro atoms. The molecule has 2 unspecified atom stereocenters. The first-order valence-corrected chi connectivity index (χ1v) is 7.50. The van der Waals surface area contributed by atoms with E-state index in [9.17, 15) is 4.39 Å². The minimum Gasteiger partial charge on any atom is -0.380 e. The number of piperazine rings is 1. The number of anilines is 1. The van der Waals surface area contributed by atoms with Crippen molar-refractivity contribution < 1.29 is 9.13 Å². The second kappa shape index (κ2) is 6.73. The van der Waals surface area contributed by atoms with Crippen molar-refractivity contribution >= 4 is 5.69 Å². The van der Waals surface area contributed by atoms with Gasteiger partial charge < -0.3 is 15.4 Å². The third-order valence-corrected chi connectivity index (χ3v) is 4.84. The topological polar surface area (TPSA) is 41.7 Å². The molecule has 4 nitrogen and oxygen atoms in total. The van der Waals surface area contributed by atoms with Crippen LogP contribution in [0.15, 0.2) is 24.3 Å². The fraction of sp³-hybridized carbons (Fsp3) is 0.625. The zero-order valence-electron chi connectivity index (χ0n) is 13.2. The van der Waals surface area contributed by atoms with E-state index in [0.717, 1.165) is 26.2 Å². The molecule has 5 heteroatoms. The summed E-state index contributed by atoms with van der Waals surface area (Å²) in [5.41, 5.74) is 6.49. The molecule has 1 aliphatic heterocycles. The highest BCUT2D eigenvalue weighted by molar-refractivity contribution is 5.48. The Morgan fingerprint density at radius 1 is 1.29 bits per heavy atom. The summed E-state index contributed by atoms with van der Waals surface area (Å²) in [7, 11) is 1.72. The summed E-state index contributed by atoms with van der Waals surface area (Å²) in [6, 6.07) is 6.95. The molecular weight excluding hydrogens is 269 g/mol. The number of hydrogen-bond acceptors (Lipinski definition) is 4. The molecule has 21 heavy (non-hydrogen) atoms. The first kappa shape index (κ1) is 16.2. The van der Waals surface area contributed by atoms with E-state index >= 15 is 0 Å². The van der Waals surface area contributed by atoms with Crippen LogP contribution >= 0.6 is 0 Å². The molecule has 1 heterocycles. The molecule has 1 aromatic rings. The van der Waals surface area contributed by atoms with Crippen molar-refractivity contribution in [2.45, 2.75) is 25.5 Å². The van der Waals surface area contributed by atoms with Crippen LogP contribution in [-0.4, -0.2) is 56.4 Å². The van der Waals surface area contributed by atoms with E-state index in [1.807, 2.05) is 12.1 Å². The van der Waals surface area contributed by atoms with Crippen molar-refractivity contribution in [2.24, 2.45) is 5.73 Å². The Balaban J connectivity index is 2.05. The molecule has 1 aliphatic rings. The van der Waals surface area contributed by atoms with Crippen LogP contribution in [-0.2, 0) is 4.74 Å². The van der Waals surface area contributed by atoms with Crippen molar-refractivity contribution in [1.82, 2.24) is 4.90 Å². The summed E-state index contributed by atoms with van der Waals surface area (Å²) in [6.45, 7) is 8.04. The third kappa shape index (κ3) is 3.20. The zero-order chi connectivity index (χ0) is 15.5. The SMILES string of the molecule is COC(C)C(C)(CN)N1CCN(c2ccccc2F)CC1. The second-order valence-electron chi connectivity index (χ2n) is 5.86. The molecule has 118 valence electrons. The van der Waals surface area contributed by atoms with Crippen molar-refractivity contribution in [3.8, 4) is 0 Å². The number of hydrogen-bond donors (Lipinski definition) is 1. The van der Waals surface area contributed by atoms with Gasteiger partial charge in [0.15, 0.2) is 0 Å². The highest BCUT2D eigenvalue weighted by Gasteiger charge is 2.38. The lowest BCUT2D eigenvalue weighted by atomic mass is 9.92. The molecular formula is C16H26FN3O. The largest absolute Gasteiger partial charge is 0.380 e. The van der Waals surface area contributed by atoms with Gasteiger partial charge in [0.2, 0.25) is 0 Å². The van der Waals surface area contributed by atoms with Crippen LogP contribution in [0.3, 0.4) is 0 Å². The van der Waals surface area contributed by atoms with Crippen LogP contribution < -0.4 is 10.6 Å². The summed E-state index contributed by atoms with van der Waals surface area (Å²) in [5, 5.41) is 0. The van der Waals surface area contributed by atoms with E-state index in [1.54, 1.807) is 13.2 Å². The van der Waals surface area contributed by atoms with Gasteiger partial charge in [-0.2, -0.15) is 0 Å². The summed E-state index contributed by atoms with van der Waals surface area (Å²) in [4.78, 5) is 4.46. The average molecular weight is 295 g/mol. The number of methoxy groups -OCH3 is 1. The molecule has 2 rings (SSSR count). The normalized spacial score (nSPS) is 21.1. The first-order valence-electron chi connectivity index (χ1n) is 7.50. The smallest absolute Gasteiger partial charge is 0.146 e. The van der Waals surface area contributed by atoms with Crippen molar-refractivity contribution in [1.29, 1.82) is 0 Å². The van der Waals surface area contributed by atoms with Crippen molar-refractivity contribution in [2.75, 3.05) is 44.7 Å². The Kier molecular flexibility index (Phi) is 5.19.